The van der Waals surface area contributed by atoms with E-state index in [0.29, 0.717) is 28.7 Å². The van der Waals surface area contributed by atoms with Crippen molar-refractivity contribution in [3.8, 4) is 17.3 Å². The SMILES string of the molecule is CN(c1ccc(OCc2cc(-c3ccco3)on2)cc1)S(=O)(=O)c1ccccc1. The number of nitrogens with zero attached hydrogens (tertiary/aromatic N) is 2. The van der Waals surface area contributed by atoms with Gasteiger partial charge in [-0.05, 0) is 48.5 Å². The molecule has 0 amide bonds. The summed E-state index contributed by atoms with van der Waals surface area (Å²) in [7, 11) is -2.10. The number of anilines is 1. The fourth-order valence-corrected chi connectivity index (χ4v) is 3.93. The lowest BCUT2D eigenvalue weighted by Gasteiger charge is -2.19. The van der Waals surface area contributed by atoms with E-state index in [9.17, 15) is 8.42 Å². The minimum Gasteiger partial charge on any atom is -0.487 e. The van der Waals surface area contributed by atoms with Crippen LogP contribution < -0.4 is 9.04 Å². The Bertz CT molecular complexity index is 1170. The molecule has 0 radical (unpaired) electrons. The Morgan fingerprint density at radius 3 is 2.41 bits per heavy atom. The molecule has 0 unspecified atom stereocenters. The molecule has 148 valence electrons. The molecule has 7 nitrogen and oxygen atoms in total. The smallest absolute Gasteiger partial charge is 0.264 e. The first-order chi connectivity index (χ1) is 14.0. The fraction of sp³-hybridized carbons (Fsp3) is 0.0952. The first kappa shape index (κ1) is 18.8. The van der Waals surface area contributed by atoms with E-state index in [-0.39, 0.29) is 11.5 Å². The Balaban J connectivity index is 1.42. The summed E-state index contributed by atoms with van der Waals surface area (Å²) in [6.07, 6.45) is 1.56. The number of ether oxygens (including phenoxy) is 1. The normalized spacial score (nSPS) is 11.3. The molecule has 0 spiro atoms. The van der Waals surface area contributed by atoms with Gasteiger partial charge in [-0.25, -0.2) is 8.42 Å². The van der Waals surface area contributed by atoms with Crippen molar-refractivity contribution < 1.29 is 22.1 Å². The second-order valence-electron chi connectivity index (χ2n) is 6.23. The highest BCUT2D eigenvalue weighted by Gasteiger charge is 2.20. The summed E-state index contributed by atoms with van der Waals surface area (Å²) in [5.74, 6) is 1.70. The molecule has 2 aromatic carbocycles. The van der Waals surface area contributed by atoms with E-state index in [2.05, 4.69) is 5.16 Å². The zero-order valence-corrected chi connectivity index (χ0v) is 16.4. The van der Waals surface area contributed by atoms with Crippen LogP contribution in [0.5, 0.6) is 5.75 Å². The third-order valence-corrected chi connectivity index (χ3v) is 6.11. The van der Waals surface area contributed by atoms with Gasteiger partial charge >= 0.3 is 0 Å². The van der Waals surface area contributed by atoms with Gasteiger partial charge in [0.2, 0.25) is 5.76 Å². The fourth-order valence-electron chi connectivity index (χ4n) is 2.71. The van der Waals surface area contributed by atoms with Crippen LogP contribution in [0, 0.1) is 0 Å². The summed E-state index contributed by atoms with van der Waals surface area (Å²) in [6, 6.07) is 20.4. The highest BCUT2D eigenvalue weighted by Crippen LogP contribution is 2.25. The molecule has 0 aliphatic carbocycles. The molecule has 2 heterocycles. The molecule has 0 bridgehead atoms. The molecule has 0 saturated heterocycles. The van der Waals surface area contributed by atoms with Gasteiger partial charge in [0.25, 0.3) is 10.0 Å². The Morgan fingerprint density at radius 1 is 0.966 bits per heavy atom. The summed E-state index contributed by atoms with van der Waals surface area (Å²) in [6.45, 7) is 0.210. The number of sulfonamides is 1. The van der Waals surface area contributed by atoms with Crippen LogP contribution in [0.2, 0.25) is 0 Å². The van der Waals surface area contributed by atoms with Gasteiger partial charge < -0.3 is 13.7 Å². The lowest BCUT2D eigenvalue weighted by molar-refractivity contribution is 0.289. The van der Waals surface area contributed by atoms with Crippen molar-refractivity contribution in [2.75, 3.05) is 11.4 Å². The zero-order chi connectivity index (χ0) is 20.3. The molecule has 0 saturated carbocycles. The first-order valence-corrected chi connectivity index (χ1v) is 10.2. The van der Waals surface area contributed by atoms with E-state index in [1.54, 1.807) is 79.1 Å². The summed E-state index contributed by atoms with van der Waals surface area (Å²) >= 11 is 0. The minimum absolute atomic E-state index is 0.210. The maximum Gasteiger partial charge on any atom is 0.264 e. The van der Waals surface area contributed by atoms with Crippen LogP contribution in [0.4, 0.5) is 5.69 Å². The van der Waals surface area contributed by atoms with Gasteiger partial charge in [0.05, 0.1) is 16.8 Å². The van der Waals surface area contributed by atoms with E-state index in [1.165, 1.54) is 11.4 Å². The number of rotatable bonds is 7. The van der Waals surface area contributed by atoms with Gasteiger partial charge in [0.1, 0.15) is 18.1 Å². The van der Waals surface area contributed by atoms with E-state index in [1.807, 2.05) is 0 Å². The maximum atomic E-state index is 12.7. The third-order valence-electron chi connectivity index (χ3n) is 4.31. The van der Waals surface area contributed by atoms with Crippen molar-refractivity contribution in [1.82, 2.24) is 5.16 Å². The van der Waals surface area contributed by atoms with E-state index < -0.39 is 10.0 Å². The van der Waals surface area contributed by atoms with Gasteiger partial charge in [0.15, 0.2) is 5.76 Å². The van der Waals surface area contributed by atoms with Gasteiger partial charge in [-0.15, -0.1) is 0 Å². The van der Waals surface area contributed by atoms with Crippen molar-refractivity contribution in [3.63, 3.8) is 0 Å². The Hall–Kier alpha value is -3.52. The Morgan fingerprint density at radius 2 is 1.72 bits per heavy atom. The molecule has 0 aliphatic heterocycles. The maximum absolute atomic E-state index is 12.7. The van der Waals surface area contributed by atoms with Crippen molar-refractivity contribution in [2.45, 2.75) is 11.5 Å². The number of aromatic nitrogens is 1. The molecule has 4 aromatic rings. The second-order valence-corrected chi connectivity index (χ2v) is 8.20. The van der Waals surface area contributed by atoms with Crippen molar-refractivity contribution >= 4 is 15.7 Å². The molecule has 0 atom stereocenters. The van der Waals surface area contributed by atoms with Crippen LogP contribution in [0.25, 0.3) is 11.5 Å². The molecule has 29 heavy (non-hydrogen) atoms. The van der Waals surface area contributed by atoms with Gasteiger partial charge in [0, 0.05) is 13.1 Å². The molecular formula is C21H18N2O5S. The average Bonchev–Trinajstić information content (AvgIpc) is 3.44. The van der Waals surface area contributed by atoms with Crippen LogP contribution >= 0.6 is 0 Å². The Labute approximate surface area is 168 Å². The summed E-state index contributed by atoms with van der Waals surface area (Å²) < 4.78 is 42.8. The van der Waals surface area contributed by atoms with Gasteiger partial charge in [-0.2, -0.15) is 0 Å². The standard InChI is InChI=1S/C21H18N2O5S/c1-23(29(24,25)19-6-3-2-4-7-19)17-9-11-18(12-10-17)27-15-16-14-21(28-22-16)20-8-5-13-26-20/h2-14H,15H2,1H3. The molecule has 0 aliphatic rings. The number of hydrogen-bond acceptors (Lipinski definition) is 6. The predicted octanol–water partition coefficient (Wildman–Crippen LogP) is 4.34. The van der Waals surface area contributed by atoms with E-state index in [4.69, 9.17) is 13.7 Å². The summed E-state index contributed by atoms with van der Waals surface area (Å²) in [5, 5.41) is 3.95. The quantitative estimate of drug-likeness (QED) is 0.451. The minimum atomic E-state index is -3.62. The zero-order valence-electron chi connectivity index (χ0n) is 15.6. The van der Waals surface area contributed by atoms with Crippen LogP contribution in [-0.2, 0) is 16.6 Å². The molecular weight excluding hydrogens is 392 g/mol. The molecule has 4 rings (SSSR count). The van der Waals surface area contributed by atoms with Crippen LogP contribution in [0.15, 0.2) is 92.9 Å². The predicted molar refractivity (Wildman–Crippen MR) is 107 cm³/mol. The first-order valence-electron chi connectivity index (χ1n) is 8.80. The number of furan rings is 1. The molecule has 2 aromatic heterocycles. The topological polar surface area (TPSA) is 85.8 Å². The monoisotopic (exact) mass is 410 g/mol. The second kappa shape index (κ2) is 7.84. The van der Waals surface area contributed by atoms with Crippen LogP contribution in [-0.4, -0.2) is 20.6 Å². The number of hydrogen-bond donors (Lipinski definition) is 0. The van der Waals surface area contributed by atoms with Gasteiger partial charge in [-0.1, -0.05) is 23.4 Å². The van der Waals surface area contributed by atoms with Crippen molar-refractivity contribution in [2.24, 2.45) is 0 Å². The highest BCUT2D eigenvalue weighted by atomic mass is 32.2. The van der Waals surface area contributed by atoms with Crippen molar-refractivity contribution in [3.05, 3.63) is 84.8 Å². The average molecular weight is 410 g/mol. The molecule has 8 heteroatoms. The third kappa shape index (κ3) is 4.02. The van der Waals surface area contributed by atoms with Crippen LogP contribution in [0.1, 0.15) is 5.69 Å². The molecule has 0 N–H and O–H groups in total. The van der Waals surface area contributed by atoms with Crippen LogP contribution in [0.3, 0.4) is 0 Å². The van der Waals surface area contributed by atoms with E-state index >= 15 is 0 Å². The van der Waals surface area contributed by atoms with Gasteiger partial charge in [-0.3, -0.25) is 4.31 Å². The molecule has 0 fully saturated rings. The Kier molecular flexibility index (Phi) is 5.09. The summed E-state index contributed by atoms with van der Waals surface area (Å²) in [4.78, 5) is 0.237. The number of benzene rings is 2. The van der Waals surface area contributed by atoms with Crippen molar-refractivity contribution in [1.29, 1.82) is 0 Å². The lowest BCUT2D eigenvalue weighted by atomic mass is 10.3. The highest BCUT2D eigenvalue weighted by molar-refractivity contribution is 7.92. The lowest BCUT2D eigenvalue weighted by Crippen LogP contribution is -2.26. The largest absolute Gasteiger partial charge is 0.487 e. The van der Waals surface area contributed by atoms with E-state index in [0.717, 1.165) is 0 Å². The summed E-state index contributed by atoms with van der Waals surface area (Å²) in [5.41, 5.74) is 1.15.